The predicted molar refractivity (Wildman–Crippen MR) is 149 cm³/mol. The molecular formula is C28H31N3O5S2. The lowest BCUT2D eigenvalue weighted by atomic mass is 9.64. The van der Waals surface area contributed by atoms with E-state index in [-0.39, 0.29) is 46.2 Å². The minimum atomic E-state index is -0.904. The standard InChI is InChI=1S/C28H31N3O5S2/c1-36-21(32)14-8-13-19-23-22(20(15-37-23)29-26(33)17-9-4-2-5-10-17)28(16-38-24(19)25(28)31-35)30-27(34)18-11-6-3-7-12-18/h2-7,9-12,19-20,22-24,35H,8,13-16H2,1H3,(H,29,33)(H,30,34)/b31-25-/t19-,20-,22+,23+,24-,28-/m0/s1. The molecule has 3 aliphatic rings. The van der Waals surface area contributed by atoms with Crippen LogP contribution < -0.4 is 10.6 Å². The number of ether oxygens (including phenoxy) is 1. The molecule has 8 nitrogen and oxygen atoms in total. The molecule has 2 aromatic rings. The fraction of sp³-hybridized carbons (Fsp3) is 0.429. The van der Waals surface area contributed by atoms with E-state index in [2.05, 4.69) is 15.8 Å². The molecule has 0 aromatic heterocycles. The number of nitrogens with zero attached hydrogens (tertiary/aromatic N) is 1. The van der Waals surface area contributed by atoms with Gasteiger partial charge in [-0.1, -0.05) is 41.6 Å². The van der Waals surface area contributed by atoms with Gasteiger partial charge >= 0.3 is 5.97 Å². The van der Waals surface area contributed by atoms with Crippen molar-refractivity contribution in [1.82, 2.24) is 10.6 Å². The Hall–Kier alpha value is -2.98. The summed E-state index contributed by atoms with van der Waals surface area (Å²) in [7, 11) is 1.39. The molecule has 3 N–H and O–H groups in total. The fourth-order valence-corrected chi connectivity index (χ4v) is 9.94. The molecule has 38 heavy (non-hydrogen) atoms. The lowest BCUT2D eigenvalue weighted by molar-refractivity contribution is -0.140. The zero-order chi connectivity index (χ0) is 26.7. The third kappa shape index (κ3) is 4.91. The van der Waals surface area contributed by atoms with Crippen LogP contribution in [0.5, 0.6) is 0 Å². The molecule has 2 heterocycles. The number of amides is 2. The maximum Gasteiger partial charge on any atom is 0.305 e. The average Bonchev–Trinajstić information content (AvgIpc) is 3.50. The van der Waals surface area contributed by atoms with Crippen molar-refractivity contribution in [3.8, 4) is 0 Å². The molecule has 1 saturated carbocycles. The summed E-state index contributed by atoms with van der Waals surface area (Å²) < 4.78 is 4.83. The average molecular weight is 554 g/mol. The first-order chi connectivity index (χ1) is 18.5. The van der Waals surface area contributed by atoms with E-state index in [0.29, 0.717) is 41.2 Å². The van der Waals surface area contributed by atoms with Crippen LogP contribution in [0.25, 0.3) is 0 Å². The molecule has 0 spiro atoms. The molecule has 2 saturated heterocycles. The summed E-state index contributed by atoms with van der Waals surface area (Å²) in [5, 5.41) is 20.6. The quantitative estimate of drug-likeness (QED) is 0.260. The third-order valence-corrected chi connectivity index (χ3v) is 11.0. The molecule has 10 heteroatoms. The Morgan fingerprint density at radius 3 is 2.32 bits per heavy atom. The van der Waals surface area contributed by atoms with E-state index in [4.69, 9.17) is 4.74 Å². The van der Waals surface area contributed by atoms with Gasteiger partial charge in [-0.2, -0.15) is 11.8 Å². The molecule has 2 aliphatic heterocycles. The number of fused-ring (bicyclic) bond motifs is 4. The van der Waals surface area contributed by atoms with Crippen molar-refractivity contribution in [3.63, 3.8) is 0 Å². The van der Waals surface area contributed by atoms with Gasteiger partial charge in [-0.05, 0) is 43.0 Å². The first kappa shape index (κ1) is 26.6. The monoisotopic (exact) mass is 553 g/mol. The predicted octanol–water partition coefficient (Wildman–Crippen LogP) is 3.60. The number of rotatable bonds is 8. The summed E-state index contributed by atoms with van der Waals surface area (Å²) in [6, 6.07) is 17.8. The molecule has 2 aromatic carbocycles. The Labute approximate surface area is 230 Å². The van der Waals surface area contributed by atoms with E-state index in [0.717, 1.165) is 6.42 Å². The van der Waals surface area contributed by atoms with Crippen molar-refractivity contribution >= 4 is 47.0 Å². The van der Waals surface area contributed by atoms with Crippen LogP contribution in [-0.4, -0.2) is 69.4 Å². The van der Waals surface area contributed by atoms with Gasteiger partial charge in [0.15, 0.2) is 0 Å². The van der Waals surface area contributed by atoms with Crippen molar-refractivity contribution in [3.05, 3.63) is 71.8 Å². The van der Waals surface area contributed by atoms with Gasteiger partial charge in [-0.15, -0.1) is 11.8 Å². The molecule has 0 unspecified atom stereocenters. The van der Waals surface area contributed by atoms with Crippen LogP contribution in [0, 0.1) is 11.8 Å². The molecule has 3 fully saturated rings. The molecule has 6 atom stereocenters. The maximum atomic E-state index is 13.5. The number of thioether (sulfide) groups is 2. The Balaban J connectivity index is 1.47. The number of benzene rings is 2. The Morgan fingerprint density at radius 2 is 1.68 bits per heavy atom. The number of hydrogen-bond donors (Lipinski definition) is 3. The summed E-state index contributed by atoms with van der Waals surface area (Å²) in [4.78, 5) is 38.4. The van der Waals surface area contributed by atoms with E-state index >= 15 is 0 Å². The molecule has 5 rings (SSSR count). The number of esters is 1. The number of nitrogens with one attached hydrogen (secondary N) is 2. The van der Waals surface area contributed by atoms with Crippen LogP contribution >= 0.6 is 23.5 Å². The van der Waals surface area contributed by atoms with Crippen LogP contribution in [0.3, 0.4) is 0 Å². The highest BCUT2D eigenvalue weighted by molar-refractivity contribution is 8.02. The smallest absolute Gasteiger partial charge is 0.305 e. The van der Waals surface area contributed by atoms with Gasteiger partial charge in [0.1, 0.15) is 0 Å². The van der Waals surface area contributed by atoms with Gasteiger partial charge in [0.25, 0.3) is 11.8 Å². The van der Waals surface area contributed by atoms with Gasteiger partial charge in [-0.25, -0.2) is 0 Å². The molecule has 1 aliphatic carbocycles. The number of carbonyl (C=O) groups is 3. The molecule has 0 radical (unpaired) electrons. The maximum absolute atomic E-state index is 13.5. The van der Waals surface area contributed by atoms with Gasteiger partial charge in [0.2, 0.25) is 0 Å². The van der Waals surface area contributed by atoms with E-state index in [1.807, 2.05) is 36.4 Å². The second-order valence-corrected chi connectivity index (χ2v) is 12.3. The van der Waals surface area contributed by atoms with Crippen LogP contribution in [0.15, 0.2) is 65.8 Å². The summed E-state index contributed by atoms with van der Waals surface area (Å²) in [5.74, 6) is 0.508. The number of oxime groups is 1. The highest BCUT2D eigenvalue weighted by Gasteiger charge is 2.66. The fourth-order valence-electron chi connectivity index (χ4n) is 6.12. The van der Waals surface area contributed by atoms with Crippen molar-refractivity contribution in [1.29, 1.82) is 0 Å². The number of carbonyl (C=O) groups excluding carboxylic acids is 3. The second kappa shape index (κ2) is 11.4. The molecule has 200 valence electrons. The SMILES string of the molecule is COC(=O)CCC[C@H]1[C@H]2SC[C@H](NC(=O)c3ccccc3)[C@H]2[C@@]2(NC(=O)c3ccccc3)CS[C@@H]1/C2=N/O. The third-order valence-electron chi connectivity index (χ3n) is 7.83. The van der Waals surface area contributed by atoms with Gasteiger partial charge < -0.3 is 20.6 Å². The summed E-state index contributed by atoms with van der Waals surface area (Å²) in [6.07, 6.45) is 1.73. The zero-order valence-corrected chi connectivity index (χ0v) is 22.7. The largest absolute Gasteiger partial charge is 0.469 e. The van der Waals surface area contributed by atoms with Crippen LogP contribution in [0.1, 0.15) is 40.0 Å². The lowest BCUT2D eigenvalue weighted by Gasteiger charge is -2.48. The second-order valence-electron chi connectivity index (χ2n) is 9.91. The summed E-state index contributed by atoms with van der Waals surface area (Å²) in [6.45, 7) is 0. The van der Waals surface area contributed by atoms with Crippen LogP contribution in [0.4, 0.5) is 0 Å². The van der Waals surface area contributed by atoms with Crippen molar-refractivity contribution < 1.29 is 24.3 Å². The van der Waals surface area contributed by atoms with Gasteiger partial charge in [0, 0.05) is 46.3 Å². The highest BCUT2D eigenvalue weighted by Crippen LogP contribution is 2.57. The van der Waals surface area contributed by atoms with Crippen LogP contribution in [-0.2, 0) is 9.53 Å². The number of hydrogen-bond acceptors (Lipinski definition) is 8. The Kier molecular flexibility index (Phi) is 7.99. The molecule has 2 bridgehead atoms. The lowest BCUT2D eigenvalue weighted by Crippen LogP contribution is -2.69. The van der Waals surface area contributed by atoms with Crippen molar-refractivity contribution in [2.24, 2.45) is 17.0 Å². The van der Waals surface area contributed by atoms with E-state index < -0.39 is 5.54 Å². The first-order valence-corrected chi connectivity index (χ1v) is 14.8. The topological polar surface area (TPSA) is 117 Å². The Bertz CT molecular complexity index is 1210. The highest BCUT2D eigenvalue weighted by atomic mass is 32.2. The van der Waals surface area contributed by atoms with Crippen molar-refractivity contribution in [2.45, 2.75) is 41.3 Å². The molecule has 2 amide bonds. The zero-order valence-electron chi connectivity index (χ0n) is 21.0. The van der Waals surface area contributed by atoms with Gasteiger partial charge in [-0.3, -0.25) is 14.4 Å². The van der Waals surface area contributed by atoms with E-state index in [1.54, 1.807) is 47.8 Å². The van der Waals surface area contributed by atoms with E-state index in [9.17, 15) is 19.6 Å². The minimum absolute atomic E-state index is 0.0916. The van der Waals surface area contributed by atoms with Crippen molar-refractivity contribution in [2.75, 3.05) is 18.6 Å². The Morgan fingerprint density at radius 1 is 1.03 bits per heavy atom. The molecular weight excluding hydrogens is 522 g/mol. The summed E-state index contributed by atoms with van der Waals surface area (Å²) in [5.41, 5.74) is 0.750. The number of methoxy groups -OCH3 is 1. The first-order valence-electron chi connectivity index (χ1n) is 12.7. The summed E-state index contributed by atoms with van der Waals surface area (Å²) >= 11 is 3.47. The normalized spacial score (nSPS) is 30.4. The minimum Gasteiger partial charge on any atom is -0.469 e. The van der Waals surface area contributed by atoms with Crippen LogP contribution in [0.2, 0.25) is 0 Å². The van der Waals surface area contributed by atoms with E-state index in [1.165, 1.54) is 7.11 Å². The van der Waals surface area contributed by atoms with Gasteiger partial charge in [0.05, 0.1) is 23.6 Å².